The van der Waals surface area contributed by atoms with E-state index in [1.165, 1.54) is 6.07 Å². The van der Waals surface area contributed by atoms with Crippen molar-refractivity contribution in [2.75, 3.05) is 0 Å². The van der Waals surface area contributed by atoms with Crippen molar-refractivity contribution < 1.29 is 4.39 Å². The molecule has 0 amide bonds. The van der Waals surface area contributed by atoms with Gasteiger partial charge in [-0.1, -0.05) is 25.1 Å². The van der Waals surface area contributed by atoms with E-state index in [2.05, 4.69) is 11.9 Å². The van der Waals surface area contributed by atoms with Crippen molar-refractivity contribution in [1.29, 1.82) is 0 Å². The van der Waals surface area contributed by atoms with Gasteiger partial charge in [-0.3, -0.25) is 4.98 Å². The molecule has 16 heavy (non-hydrogen) atoms. The van der Waals surface area contributed by atoms with Gasteiger partial charge in [0.15, 0.2) is 0 Å². The molecule has 1 aromatic carbocycles. The number of pyridine rings is 1. The quantitative estimate of drug-likeness (QED) is 0.759. The van der Waals surface area contributed by atoms with Crippen LogP contribution in [0.15, 0.2) is 48.8 Å². The Morgan fingerprint density at radius 3 is 2.62 bits per heavy atom. The molecule has 1 unspecified atom stereocenters. The predicted molar refractivity (Wildman–Crippen MR) is 62.8 cm³/mol. The summed E-state index contributed by atoms with van der Waals surface area (Å²) in [7, 11) is 0. The number of nitrogens with zero attached hydrogens (tertiary/aromatic N) is 1. The summed E-state index contributed by atoms with van der Waals surface area (Å²) in [5, 5.41) is 0. The fourth-order valence-electron chi connectivity index (χ4n) is 1.97. The van der Waals surface area contributed by atoms with Gasteiger partial charge >= 0.3 is 0 Å². The Balaban J connectivity index is 2.37. The smallest absolute Gasteiger partial charge is 0.123 e. The molecule has 0 aliphatic rings. The van der Waals surface area contributed by atoms with Gasteiger partial charge in [0, 0.05) is 18.3 Å². The van der Waals surface area contributed by atoms with E-state index >= 15 is 0 Å². The van der Waals surface area contributed by atoms with E-state index in [0.29, 0.717) is 0 Å². The third kappa shape index (κ3) is 2.27. The van der Waals surface area contributed by atoms with Gasteiger partial charge in [0.2, 0.25) is 0 Å². The first kappa shape index (κ1) is 10.8. The molecule has 0 saturated carbocycles. The summed E-state index contributed by atoms with van der Waals surface area (Å²) in [5.74, 6) is 0.0456. The molecule has 2 rings (SSSR count). The second-order valence-corrected chi connectivity index (χ2v) is 3.80. The molecule has 82 valence electrons. The van der Waals surface area contributed by atoms with E-state index in [4.69, 9.17) is 0 Å². The molecule has 1 atom stereocenters. The molecule has 1 nitrogen and oxygen atoms in total. The highest BCUT2D eigenvalue weighted by Gasteiger charge is 2.12. The summed E-state index contributed by atoms with van der Waals surface area (Å²) in [4.78, 5) is 4.11. The Hall–Kier alpha value is -1.70. The van der Waals surface area contributed by atoms with Crippen LogP contribution < -0.4 is 0 Å². The van der Waals surface area contributed by atoms with Gasteiger partial charge in [-0.15, -0.1) is 0 Å². The summed E-state index contributed by atoms with van der Waals surface area (Å²) in [5.41, 5.74) is 2.14. The molecule has 2 aromatic rings. The zero-order chi connectivity index (χ0) is 11.4. The molecule has 1 heterocycles. The van der Waals surface area contributed by atoms with Gasteiger partial charge in [-0.25, -0.2) is 4.39 Å². The Morgan fingerprint density at radius 2 is 2.00 bits per heavy atom. The molecular formula is C14H14FN. The zero-order valence-electron chi connectivity index (χ0n) is 9.23. The van der Waals surface area contributed by atoms with Crippen LogP contribution in [0.2, 0.25) is 0 Å². The standard InChI is InChI=1S/C14H14FN/c1-2-14(12-6-4-8-16-10-12)11-5-3-7-13(15)9-11/h3-10,14H,2H2,1H3. The normalized spacial score (nSPS) is 12.4. The van der Waals surface area contributed by atoms with Gasteiger partial charge in [0.25, 0.3) is 0 Å². The van der Waals surface area contributed by atoms with Gasteiger partial charge in [0.05, 0.1) is 0 Å². The lowest BCUT2D eigenvalue weighted by Crippen LogP contribution is -2.00. The van der Waals surface area contributed by atoms with Crippen LogP contribution >= 0.6 is 0 Å². The third-order valence-electron chi connectivity index (χ3n) is 2.75. The molecule has 2 heteroatoms. The molecular weight excluding hydrogens is 201 g/mol. The van der Waals surface area contributed by atoms with Crippen LogP contribution in [0.1, 0.15) is 30.4 Å². The Bertz CT molecular complexity index is 453. The Kier molecular flexibility index (Phi) is 3.30. The summed E-state index contributed by atoms with van der Waals surface area (Å²) in [6.45, 7) is 2.10. The number of halogens is 1. The highest BCUT2D eigenvalue weighted by atomic mass is 19.1. The lowest BCUT2D eigenvalue weighted by Gasteiger charge is -2.15. The predicted octanol–water partition coefficient (Wildman–Crippen LogP) is 3.76. The SMILES string of the molecule is CCC(c1cccnc1)c1cccc(F)c1. The third-order valence-corrected chi connectivity index (χ3v) is 2.75. The molecule has 0 radical (unpaired) electrons. The first-order valence-corrected chi connectivity index (χ1v) is 5.46. The fourth-order valence-corrected chi connectivity index (χ4v) is 1.97. The minimum Gasteiger partial charge on any atom is -0.264 e. The average molecular weight is 215 g/mol. The van der Waals surface area contributed by atoms with E-state index in [9.17, 15) is 4.39 Å². The number of rotatable bonds is 3. The van der Waals surface area contributed by atoms with Crippen molar-refractivity contribution >= 4 is 0 Å². The summed E-state index contributed by atoms with van der Waals surface area (Å²) >= 11 is 0. The molecule has 0 aliphatic heterocycles. The molecule has 0 N–H and O–H groups in total. The number of aromatic nitrogens is 1. The maximum Gasteiger partial charge on any atom is 0.123 e. The average Bonchev–Trinajstić information content (AvgIpc) is 2.31. The van der Waals surface area contributed by atoms with Crippen LogP contribution in [-0.2, 0) is 0 Å². The van der Waals surface area contributed by atoms with Gasteiger partial charge in [-0.2, -0.15) is 0 Å². The monoisotopic (exact) mass is 215 g/mol. The second kappa shape index (κ2) is 4.88. The highest BCUT2D eigenvalue weighted by molar-refractivity contribution is 5.30. The van der Waals surface area contributed by atoms with Crippen molar-refractivity contribution in [2.24, 2.45) is 0 Å². The lowest BCUT2D eigenvalue weighted by molar-refractivity contribution is 0.622. The highest BCUT2D eigenvalue weighted by Crippen LogP contribution is 2.27. The minimum absolute atomic E-state index is 0.181. The zero-order valence-corrected chi connectivity index (χ0v) is 9.23. The summed E-state index contributed by atoms with van der Waals surface area (Å²) in [6, 6.07) is 10.7. The Morgan fingerprint density at radius 1 is 1.19 bits per heavy atom. The molecule has 1 aromatic heterocycles. The van der Waals surface area contributed by atoms with E-state index < -0.39 is 0 Å². The topological polar surface area (TPSA) is 12.9 Å². The van der Waals surface area contributed by atoms with Crippen molar-refractivity contribution in [1.82, 2.24) is 4.98 Å². The maximum absolute atomic E-state index is 13.2. The molecule has 0 saturated heterocycles. The van der Waals surface area contributed by atoms with Crippen LogP contribution in [0, 0.1) is 5.82 Å². The first-order valence-electron chi connectivity index (χ1n) is 5.46. The molecule has 0 fully saturated rings. The first-order chi connectivity index (χ1) is 7.81. The minimum atomic E-state index is -0.181. The van der Waals surface area contributed by atoms with Crippen LogP contribution in [0.3, 0.4) is 0 Å². The summed E-state index contributed by atoms with van der Waals surface area (Å²) in [6.07, 6.45) is 4.54. The number of hydrogen-bond acceptors (Lipinski definition) is 1. The molecule has 0 spiro atoms. The Labute approximate surface area is 95.0 Å². The van der Waals surface area contributed by atoms with Crippen LogP contribution in [0.4, 0.5) is 4.39 Å². The van der Waals surface area contributed by atoms with E-state index in [-0.39, 0.29) is 11.7 Å². The largest absolute Gasteiger partial charge is 0.264 e. The van der Waals surface area contributed by atoms with Gasteiger partial charge in [-0.05, 0) is 35.7 Å². The van der Waals surface area contributed by atoms with Crippen LogP contribution in [0.25, 0.3) is 0 Å². The summed E-state index contributed by atoms with van der Waals surface area (Å²) < 4.78 is 13.2. The van der Waals surface area contributed by atoms with Gasteiger partial charge < -0.3 is 0 Å². The molecule has 0 bridgehead atoms. The van der Waals surface area contributed by atoms with Crippen molar-refractivity contribution in [3.8, 4) is 0 Å². The number of hydrogen-bond donors (Lipinski definition) is 0. The molecule has 0 aliphatic carbocycles. The van der Waals surface area contributed by atoms with E-state index in [1.54, 1.807) is 18.3 Å². The van der Waals surface area contributed by atoms with Gasteiger partial charge in [0.1, 0.15) is 5.82 Å². The maximum atomic E-state index is 13.2. The van der Waals surface area contributed by atoms with Crippen molar-refractivity contribution in [3.63, 3.8) is 0 Å². The van der Waals surface area contributed by atoms with Crippen LogP contribution in [0.5, 0.6) is 0 Å². The lowest BCUT2D eigenvalue weighted by atomic mass is 9.90. The fraction of sp³-hybridized carbons (Fsp3) is 0.214. The van der Waals surface area contributed by atoms with E-state index in [0.717, 1.165) is 17.5 Å². The second-order valence-electron chi connectivity index (χ2n) is 3.80. The van der Waals surface area contributed by atoms with Crippen molar-refractivity contribution in [2.45, 2.75) is 19.3 Å². The number of benzene rings is 1. The van der Waals surface area contributed by atoms with Crippen molar-refractivity contribution in [3.05, 3.63) is 65.7 Å². The van der Waals surface area contributed by atoms with Crippen LogP contribution in [-0.4, -0.2) is 4.98 Å². The van der Waals surface area contributed by atoms with E-state index in [1.807, 2.05) is 24.4 Å².